The molecule has 20 heavy (non-hydrogen) atoms. The van der Waals surface area contributed by atoms with E-state index in [2.05, 4.69) is 20.5 Å². The first-order chi connectivity index (χ1) is 9.60. The van der Waals surface area contributed by atoms with Crippen LogP contribution >= 0.6 is 11.3 Å². The molecule has 7 nitrogen and oxygen atoms in total. The van der Waals surface area contributed by atoms with E-state index in [1.165, 1.54) is 24.7 Å². The van der Waals surface area contributed by atoms with Crippen molar-refractivity contribution in [2.75, 3.05) is 12.4 Å². The van der Waals surface area contributed by atoms with Gasteiger partial charge in [0.05, 0.1) is 24.2 Å². The topological polar surface area (TPSA) is 93.5 Å². The fourth-order valence-corrected chi connectivity index (χ4v) is 2.19. The van der Waals surface area contributed by atoms with Gasteiger partial charge in [-0.1, -0.05) is 5.16 Å². The van der Waals surface area contributed by atoms with Crippen LogP contribution in [0.1, 0.15) is 21.6 Å². The van der Waals surface area contributed by atoms with Gasteiger partial charge in [0.25, 0.3) is 0 Å². The number of thiophene rings is 1. The molecule has 0 aliphatic carbocycles. The summed E-state index contributed by atoms with van der Waals surface area (Å²) in [4.78, 5) is 22.9. The molecule has 2 aromatic rings. The highest BCUT2D eigenvalue weighted by Gasteiger charge is 2.11. The third kappa shape index (κ3) is 3.35. The first-order valence-corrected chi connectivity index (χ1v) is 6.59. The van der Waals surface area contributed by atoms with Crippen molar-refractivity contribution in [2.24, 2.45) is 0 Å². The van der Waals surface area contributed by atoms with Gasteiger partial charge in [0.15, 0.2) is 0 Å². The minimum Gasteiger partial charge on any atom is -0.465 e. The Bertz CT molecular complexity index is 620. The zero-order chi connectivity index (χ0) is 14.5. The lowest BCUT2D eigenvalue weighted by molar-refractivity contribution is 0.0601. The summed E-state index contributed by atoms with van der Waals surface area (Å²) in [6.07, 6.45) is 1.51. The summed E-state index contributed by atoms with van der Waals surface area (Å²) in [6.45, 7) is 2.11. The molecule has 106 valence electrons. The average molecular weight is 295 g/mol. The fourth-order valence-electron chi connectivity index (χ4n) is 1.43. The lowest BCUT2D eigenvalue weighted by Crippen LogP contribution is -2.28. The summed E-state index contributed by atoms with van der Waals surface area (Å²) < 4.78 is 9.35. The highest BCUT2D eigenvalue weighted by molar-refractivity contribution is 7.14. The number of rotatable bonds is 4. The molecule has 0 unspecified atom stereocenters. The number of urea groups is 1. The molecule has 0 saturated heterocycles. The van der Waals surface area contributed by atoms with Crippen LogP contribution in [0.15, 0.2) is 22.2 Å². The molecule has 2 heterocycles. The molecule has 0 atom stereocenters. The molecule has 2 rings (SSSR count). The first-order valence-electron chi connectivity index (χ1n) is 5.71. The quantitative estimate of drug-likeness (QED) is 0.843. The number of nitrogens with one attached hydrogen (secondary N) is 2. The van der Waals surface area contributed by atoms with E-state index in [0.717, 1.165) is 5.56 Å². The molecule has 0 radical (unpaired) electrons. The standard InChI is InChI=1S/C12H13N3O4S/c1-7-5-19-15-9(7)4-13-12(17)14-10-3-8(6-20-10)11(16)18-2/h3,5-6H,4H2,1-2H3,(H2,13,14,17). The van der Waals surface area contributed by atoms with Crippen molar-refractivity contribution < 1.29 is 18.8 Å². The number of hydrogen-bond donors (Lipinski definition) is 2. The lowest BCUT2D eigenvalue weighted by Gasteiger charge is -2.04. The van der Waals surface area contributed by atoms with Gasteiger partial charge in [-0.3, -0.25) is 5.32 Å². The van der Waals surface area contributed by atoms with E-state index in [-0.39, 0.29) is 12.6 Å². The van der Waals surface area contributed by atoms with Crippen LogP contribution in [-0.4, -0.2) is 24.3 Å². The Morgan fingerprint density at radius 3 is 2.95 bits per heavy atom. The Kier molecular flexibility index (Phi) is 4.36. The number of amides is 2. The third-order valence-corrected chi connectivity index (χ3v) is 3.37. The van der Waals surface area contributed by atoms with E-state index >= 15 is 0 Å². The third-order valence-electron chi connectivity index (χ3n) is 2.52. The Labute approximate surface area is 118 Å². The van der Waals surface area contributed by atoms with E-state index in [9.17, 15) is 9.59 Å². The van der Waals surface area contributed by atoms with Gasteiger partial charge < -0.3 is 14.6 Å². The van der Waals surface area contributed by atoms with Crippen molar-refractivity contribution in [1.29, 1.82) is 0 Å². The maximum absolute atomic E-state index is 11.7. The SMILES string of the molecule is COC(=O)c1csc(NC(=O)NCc2nocc2C)c1. The highest BCUT2D eigenvalue weighted by atomic mass is 32.1. The summed E-state index contributed by atoms with van der Waals surface area (Å²) in [5.41, 5.74) is 1.94. The molecular weight excluding hydrogens is 282 g/mol. The molecule has 2 amide bonds. The van der Waals surface area contributed by atoms with Crippen LogP contribution in [0.25, 0.3) is 0 Å². The van der Waals surface area contributed by atoms with E-state index in [4.69, 9.17) is 4.52 Å². The van der Waals surface area contributed by atoms with Gasteiger partial charge in [-0.15, -0.1) is 11.3 Å². The summed E-state index contributed by atoms with van der Waals surface area (Å²) in [6, 6.07) is 1.17. The summed E-state index contributed by atoms with van der Waals surface area (Å²) in [5, 5.41) is 11.2. The zero-order valence-corrected chi connectivity index (χ0v) is 11.7. The number of hydrogen-bond acceptors (Lipinski definition) is 6. The van der Waals surface area contributed by atoms with Crippen LogP contribution in [0.2, 0.25) is 0 Å². The van der Waals surface area contributed by atoms with Crippen molar-refractivity contribution in [2.45, 2.75) is 13.5 Å². The predicted molar refractivity (Wildman–Crippen MR) is 72.8 cm³/mol. The first kappa shape index (κ1) is 14.1. The number of aryl methyl sites for hydroxylation is 1. The molecule has 2 aromatic heterocycles. The molecule has 2 N–H and O–H groups in total. The Hall–Kier alpha value is -2.35. The smallest absolute Gasteiger partial charge is 0.338 e. The Balaban J connectivity index is 1.87. The van der Waals surface area contributed by atoms with E-state index in [1.54, 1.807) is 11.4 Å². The van der Waals surface area contributed by atoms with Crippen LogP contribution in [0.3, 0.4) is 0 Å². The summed E-state index contributed by atoms with van der Waals surface area (Å²) in [5.74, 6) is -0.437. The molecule has 0 bridgehead atoms. The predicted octanol–water partition coefficient (Wildman–Crippen LogP) is 2.15. The second-order valence-corrected chi connectivity index (χ2v) is 4.85. The van der Waals surface area contributed by atoms with Crippen LogP contribution in [-0.2, 0) is 11.3 Å². The second-order valence-electron chi connectivity index (χ2n) is 3.94. The van der Waals surface area contributed by atoms with Crippen molar-refractivity contribution in [3.05, 3.63) is 34.5 Å². The lowest BCUT2D eigenvalue weighted by atomic mass is 10.3. The van der Waals surface area contributed by atoms with Crippen LogP contribution in [0.4, 0.5) is 9.80 Å². The number of methoxy groups -OCH3 is 1. The van der Waals surface area contributed by atoms with E-state index in [1.807, 2.05) is 6.92 Å². The monoisotopic (exact) mass is 295 g/mol. The second kappa shape index (κ2) is 6.20. The van der Waals surface area contributed by atoms with Gasteiger partial charge in [0, 0.05) is 10.9 Å². The number of aromatic nitrogens is 1. The zero-order valence-electron chi connectivity index (χ0n) is 10.9. The van der Waals surface area contributed by atoms with Crippen molar-refractivity contribution in [3.8, 4) is 0 Å². The van der Waals surface area contributed by atoms with E-state index < -0.39 is 5.97 Å². The number of esters is 1. The van der Waals surface area contributed by atoms with Gasteiger partial charge >= 0.3 is 12.0 Å². The van der Waals surface area contributed by atoms with Gasteiger partial charge in [-0.2, -0.15) is 0 Å². The molecule has 0 aromatic carbocycles. The van der Waals surface area contributed by atoms with E-state index in [0.29, 0.717) is 16.3 Å². The number of nitrogens with zero attached hydrogens (tertiary/aromatic N) is 1. The fraction of sp³-hybridized carbons (Fsp3) is 0.250. The van der Waals surface area contributed by atoms with Crippen molar-refractivity contribution in [3.63, 3.8) is 0 Å². The van der Waals surface area contributed by atoms with Gasteiger partial charge in [-0.25, -0.2) is 9.59 Å². The minimum atomic E-state index is -0.437. The summed E-state index contributed by atoms with van der Waals surface area (Å²) >= 11 is 1.24. The van der Waals surface area contributed by atoms with Crippen LogP contribution in [0, 0.1) is 6.92 Å². The van der Waals surface area contributed by atoms with Gasteiger partial charge in [0.1, 0.15) is 12.0 Å². The molecule has 0 saturated carbocycles. The molecule has 0 aliphatic heterocycles. The van der Waals surface area contributed by atoms with Crippen LogP contribution < -0.4 is 10.6 Å². The molecule has 0 fully saturated rings. The van der Waals surface area contributed by atoms with Gasteiger partial charge in [0.2, 0.25) is 0 Å². The largest absolute Gasteiger partial charge is 0.465 e. The normalized spacial score (nSPS) is 10.1. The summed E-state index contributed by atoms with van der Waals surface area (Å²) in [7, 11) is 1.31. The molecule has 0 spiro atoms. The number of anilines is 1. The number of ether oxygens (including phenoxy) is 1. The maximum Gasteiger partial charge on any atom is 0.338 e. The number of carbonyl (C=O) groups excluding carboxylic acids is 2. The minimum absolute atomic E-state index is 0.267. The molecular formula is C12H13N3O4S. The van der Waals surface area contributed by atoms with Crippen molar-refractivity contribution >= 4 is 28.3 Å². The Morgan fingerprint density at radius 1 is 1.50 bits per heavy atom. The molecule has 8 heteroatoms. The average Bonchev–Trinajstić information content (AvgIpc) is 3.05. The molecule has 0 aliphatic rings. The maximum atomic E-state index is 11.7. The Morgan fingerprint density at radius 2 is 2.30 bits per heavy atom. The van der Waals surface area contributed by atoms with Crippen LogP contribution in [0.5, 0.6) is 0 Å². The van der Waals surface area contributed by atoms with Gasteiger partial charge in [-0.05, 0) is 13.0 Å². The number of carbonyl (C=O) groups is 2. The van der Waals surface area contributed by atoms with Crippen molar-refractivity contribution in [1.82, 2.24) is 10.5 Å². The highest BCUT2D eigenvalue weighted by Crippen LogP contribution is 2.20.